The van der Waals surface area contributed by atoms with Crippen LogP contribution in [0.4, 0.5) is 0 Å². The Morgan fingerprint density at radius 2 is 1.91 bits per heavy atom. The largest absolute Gasteiger partial charge is 0.461 e. The van der Waals surface area contributed by atoms with E-state index in [2.05, 4.69) is 10.3 Å². The van der Waals surface area contributed by atoms with E-state index in [9.17, 15) is 19.2 Å². The van der Waals surface area contributed by atoms with Gasteiger partial charge in [0.05, 0.1) is 18.9 Å². The number of esters is 1. The lowest BCUT2D eigenvalue weighted by Crippen LogP contribution is -2.48. The molecule has 0 aliphatic heterocycles. The van der Waals surface area contributed by atoms with E-state index in [0.717, 1.165) is 16.5 Å². The summed E-state index contributed by atoms with van der Waals surface area (Å²) in [7, 11) is 0. The first kappa shape index (κ1) is 25.7. The van der Waals surface area contributed by atoms with Gasteiger partial charge >= 0.3 is 5.97 Å². The molecule has 0 fully saturated rings. The van der Waals surface area contributed by atoms with E-state index < -0.39 is 41.8 Å². The predicted molar refractivity (Wildman–Crippen MR) is 122 cm³/mol. The van der Waals surface area contributed by atoms with Gasteiger partial charge in [-0.15, -0.1) is 0 Å². The van der Waals surface area contributed by atoms with Crippen LogP contribution < -0.4 is 11.1 Å². The molecule has 2 rings (SSSR count). The Morgan fingerprint density at radius 3 is 2.58 bits per heavy atom. The number of carbonyl (C=O) groups is 4. The van der Waals surface area contributed by atoms with Crippen LogP contribution in [0.25, 0.3) is 10.9 Å². The first-order valence-corrected chi connectivity index (χ1v) is 10.7. The molecule has 1 heterocycles. The summed E-state index contributed by atoms with van der Waals surface area (Å²) < 4.78 is 10.9. The predicted octanol–water partition coefficient (Wildman–Crippen LogP) is 1.41. The molecule has 0 saturated heterocycles. The zero-order valence-corrected chi connectivity index (χ0v) is 18.8. The minimum Gasteiger partial charge on any atom is -0.461 e. The lowest BCUT2D eigenvalue weighted by atomic mass is 10.0. The van der Waals surface area contributed by atoms with Crippen LogP contribution in [0.5, 0.6) is 0 Å². The molecule has 1 aromatic heterocycles. The van der Waals surface area contributed by atoms with Gasteiger partial charge < -0.3 is 30.9 Å². The van der Waals surface area contributed by atoms with Gasteiger partial charge in [-0.1, -0.05) is 18.2 Å². The molecular formula is C23H30N4O6. The van der Waals surface area contributed by atoms with E-state index in [-0.39, 0.29) is 32.3 Å². The molecule has 10 nitrogen and oxygen atoms in total. The Kier molecular flexibility index (Phi) is 9.74. The van der Waals surface area contributed by atoms with E-state index >= 15 is 0 Å². The smallest absolute Gasteiger partial charge is 0.328 e. The van der Waals surface area contributed by atoms with E-state index in [4.69, 9.17) is 20.6 Å². The third-order valence-electron chi connectivity index (χ3n) is 4.83. The number of aromatic nitrogens is 1. The van der Waals surface area contributed by atoms with Crippen molar-refractivity contribution in [3.63, 3.8) is 0 Å². The summed E-state index contributed by atoms with van der Waals surface area (Å²) in [5.41, 5.74) is 6.90. The average Bonchev–Trinajstić information content (AvgIpc) is 3.17. The first-order chi connectivity index (χ1) is 15.7. The van der Waals surface area contributed by atoms with Crippen LogP contribution in [0.15, 0.2) is 30.5 Å². The van der Waals surface area contributed by atoms with Crippen LogP contribution in [0.2, 0.25) is 0 Å². The molecule has 0 radical (unpaired) electrons. The number of primary amides is 1. The molecule has 2 atom stereocenters. The maximum Gasteiger partial charge on any atom is 0.328 e. The van der Waals surface area contributed by atoms with Gasteiger partial charge in [-0.05, 0) is 31.9 Å². The normalized spacial score (nSPS) is 12.8. The molecule has 0 aliphatic carbocycles. The highest BCUT2D eigenvalue weighted by Gasteiger charge is 2.29. The van der Waals surface area contributed by atoms with Gasteiger partial charge in [0.1, 0.15) is 12.1 Å². The Labute approximate surface area is 191 Å². The molecule has 1 aromatic carbocycles. The van der Waals surface area contributed by atoms with Crippen molar-refractivity contribution in [3.8, 4) is 0 Å². The Hall–Kier alpha value is -3.53. The van der Waals surface area contributed by atoms with Crippen molar-refractivity contribution in [2.45, 2.75) is 57.8 Å². The number of benzene rings is 1. The molecule has 5 N–H and O–H groups in total. The highest BCUT2D eigenvalue weighted by molar-refractivity contribution is 6.26. The average molecular weight is 459 g/mol. The molecule has 0 saturated carbocycles. The number of para-hydroxylation sites is 1. The second kappa shape index (κ2) is 12.5. The first-order valence-electron chi connectivity index (χ1n) is 10.7. The molecule has 0 unspecified atom stereocenters. The minimum absolute atomic E-state index is 0.0212. The number of Topliss-reactive ketones (excluding diaryl/α,β-unsaturated/α-hetero) is 1. The fourth-order valence-corrected chi connectivity index (χ4v) is 3.22. The van der Waals surface area contributed by atoms with Gasteiger partial charge in [0, 0.05) is 36.4 Å². The van der Waals surface area contributed by atoms with Gasteiger partial charge in [0.25, 0.3) is 0 Å². The van der Waals surface area contributed by atoms with Crippen molar-refractivity contribution in [1.29, 1.82) is 5.41 Å². The van der Waals surface area contributed by atoms with Crippen molar-refractivity contribution in [1.82, 2.24) is 10.3 Å². The summed E-state index contributed by atoms with van der Waals surface area (Å²) in [5.74, 6) is -2.30. The highest BCUT2D eigenvalue weighted by Crippen LogP contribution is 2.20. The van der Waals surface area contributed by atoms with Crippen molar-refractivity contribution in [2.75, 3.05) is 6.61 Å². The fourth-order valence-electron chi connectivity index (χ4n) is 3.22. The van der Waals surface area contributed by atoms with Crippen LogP contribution >= 0.6 is 0 Å². The summed E-state index contributed by atoms with van der Waals surface area (Å²) in [6, 6.07) is 6.48. The van der Waals surface area contributed by atoms with Crippen LogP contribution in [-0.4, -0.2) is 59.6 Å². The summed E-state index contributed by atoms with van der Waals surface area (Å²) in [4.78, 5) is 51.4. The number of ketones is 1. The Morgan fingerprint density at radius 1 is 1.18 bits per heavy atom. The number of ether oxygens (including phenoxy) is 2. The fraction of sp³-hybridized carbons (Fsp3) is 0.435. The zero-order valence-electron chi connectivity index (χ0n) is 18.8. The molecule has 178 valence electrons. The quantitative estimate of drug-likeness (QED) is 0.247. The zero-order chi connectivity index (χ0) is 24.4. The monoisotopic (exact) mass is 458 g/mol. The van der Waals surface area contributed by atoms with Gasteiger partial charge in [-0.25, -0.2) is 4.79 Å². The Balaban J connectivity index is 2.19. The third-order valence-corrected chi connectivity index (χ3v) is 4.83. The number of nitrogens with one attached hydrogen (secondary N) is 3. The molecular weight excluding hydrogens is 428 g/mol. The second-order valence-electron chi connectivity index (χ2n) is 7.84. The number of nitrogens with two attached hydrogens (primary N) is 1. The molecule has 10 heteroatoms. The van der Waals surface area contributed by atoms with Crippen molar-refractivity contribution < 1.29 is 28.7 Å². The molecule has 0 aliphatic rings. The van der Waals surface area contributed by atoms with E-state index in [1.54, 1.807) is 20.0 Å². The molecule has 0 spiro atoms. The number of hydrogen-bond donors (Lipinski definition) is 4. The molecule has 0 bridgehead atoms. The highest BCUT2D eigenvalue weighted by atomic mass is 16.5. The van der Waals surface area contributed by atoms with Crippen molar-refractivity contribution in [3.05, 3.63) is 36.0 Å². The van der Waals surface area contributed by atoms with Crippen LogP contribution in [0.1, 0.15) is 38.7 Å². The van der Waals surface area contributed by atoms with Crippen LogP contribution in [0, 0.1) is 5.41 Å². The van der Waals surface area contributed by atoms with Gasteiger partial charge in [0.2, 0.25) is 11.8 Å². The lowest BCUT2D eigenvalue weighted by Gasteiger charge is -2.22. The van der Waals surface area contributed by atoms with Gasteiger partial charge in [-0.2, -0.15) is 0 Å². The van der Waals surface area contributed by atoms with Crippen LogP contribution in [0.3, 0.4) is 0 Å². The van der Waals surface area contributed by atoms with E-state index in [0.29, 0.717) is 6.21 Å². The number of amides is 2. The Bertz CT molecular complexity index is 1000. The molecule has 33 heavy (non-hydrogen) atoms. The number of hydrogen-bond acceptors (Lipinski definition) is 7. The number of aromatic amines is 1. The number of fused-ring (bicyclic) bond motifs is 1. The number of rotatable bonds is 14. The third kappa shape index (κ3) is 8.15. The standard InChI is InChI=1S/C23H30N4O6/c1-14(2)33-23(31)19(8-7-16(28)12-24)27-22(30)20(32-10-9-21(25)29)11-15-13-26-18-6-4-3-5-17(15)18/h3-6,12-14,19-20,24,26H,7-11H2,1-2H3,(H2,25,29)(H,27,30)/t19-,20-/m0/s1. The second-order valence-corrected chi connectivity index (χ2v) is 7.84. The van der Waals surface area contributed by atoms with Crippen molar-refractivity contribution in [2.24, 2.45) is 5.73 Å². The van der Waals surface area contributed by atoms with Crippen LogP contribution in [-0.2, 0) is 35.1 Å². The van der Waals surface area contributed by atoms with Gasteiger partial charge in [-0.3, -0.25) is 14.4 Å². The minimum atomic E-state index is -1.09. The lowest BCUT2D eigenvalue weighted by molar-refractivity contribution is -0.153. The summed E-state index contributed by atoms with van der Waals surface area (Å²) in [5, 5.41) is 10.6. The summed E-state index contributed by atoms with van der Waals surface area (Å²) >= 11 is 0. The summed E-state index contributed by atoms with van der Waals surface area (Å²) in [6.45, 7) is 3.28. The molecule has 2 amide bonds. The molecule has 2 aromatic rings. The van der Waals surface area contributed by atoms with E-state index in [1.165, 1.54) is 0 Å². The topological polar surface area (TPSA) is 164 Å². The summed E-state index contributed by atoms with van der Waals surface area (Å²) in [6.07, 6.45) is 1.00. The van der Waals surface area contributed by atoms with Crippen molar-refractivity contribution >= 4 is 40.7 Å². The SMILES string of the molecule is CC(C)OC(=O)[C@H](CCC(=O)C=N)NC(=O)[C@H](Cc1c[nH]c2ccccc12)OCCC(N)=O. The maximum absolute atomic E-state index is 13.1. The number of carbonyl (C=O) groups excluding carboxylic acids is 4. The maximum atomic E-state index is 13.1. The van der Waals surface area contributed by atoms with Gasteiger partial charge in [0.15, 0.2) is 5.78 Å². The number of H-pyrrole nitrogens is 1. The van der Waals surface area contributed by atoms with E-state index in [1.807, 2.05) is 24.3 Å².